The van der Waals surface area contributed by atoms with E-state index in [-0.39, 0.29) is 0 Å². The molecular formula is C23H22Cl3N3O. The summed E-state index contributed by atoms with van der Waals surface area (Å²) in [5.74, 6) is 1.41. The van der Waals surface area contributed by atoms with Crippen molar-refractivity contribution < 1.29 is 5.11 Å². The minimum atomic E-state index is -0.843. The summed E-state index contributed by atoms with van der Waals surface area (Å²) in [5, 5.41) is 17.2. The number of rotatable bonds is 4. The maximum atomic E-state index is 12.1. The van der Waals surface area contributed by atoms with Crippen LogP contribution >= 0.6 is 34.8 Å². The van der Waals surface area contributed by atoms with Gasteiger partial charge in [-0.15, -0.1) is 0 Å². The number of aromatic nitrogens is 2. The van der Waals surface area contributed by atoms with Crippen molar-refractivity contribution in [2.45, 2.75) is 44.8 Å². The summed E-state index contributed by atoms with van der Waals surface area (Å²) in [5.41, 5.74) is 4.42. The molecule has 0 spiro atoms. The van der Waals surface area contributed by atoms with E-state index in [1.54, 1.807) is 6.07 Å². The molecule has 4 nitrogen and oxygen atoms in total. The minimum absolute atomic E-state index is 0.296. The zero-order chi connectivity index (χ0) is 20.8. The molecule has 2 aromatic carbocycles. The molecule has 3 aromatic rings. The molecule has 0 amide bonds. The van der Waals surface area contributed by atoms with Gasteiger partial charge in [0, 0.05) is 34.8 Å². The van der Waals surface area contributed by atoms with E-state index in [2.05, 4.69) is 16.0 Å². The van der Waals surface area contributed by atoms with E-state index in [1.807, 2.05) is 13.0 Å². The SMILES string of the molecule is Cc1cc(Cl)cc(Cl)c1-c1cc(C(O)(C2CC2)C2CC2)c2c(nc3n2CCN3)c1Cl. The number of anilines is 1. The molecule has 2 N–H and O–H groups in total. The smallest absolute Gasteiger partial charge is 0.204 e. The van der Waals surface area contributed by atoms with Crippen LogP contribution in [0.4, 0.5) is 5.95 Å². The Bertz CT molecular complexity index is 1180. The van der Waals surface area contributed by atoms with Gasteiger partial charge in [0.15, 0.2) is 0 Å². The van der Waals surface area contributed by atoms with Crippen LogP contribution in [0.15, 0.2) is 18.2 Å². The van der Waals surface area contributed by atoms with Crippen LogP contribution in [-0.4, -0.2) is 21.2 Å². The number of nitrogens with one attached hydrogen (secondary N) is 1. The quantitative estimate of drug-likeness (QED) is 0.471. The Morgan fingerprint density at radius 3 is 2.43 bits per heavy atom. The van der Waals surface area contributed by atoms with Gasteiger partial charge in [-0.1, -0.05) is 34.8 Å². The normalized spacial score (nSPS) is 18.7. The third kappa shape index (κ3) is 2.67. The molecular weight excluding hydrogens is 441 g/mol. The minimum Gasteiger partial charge on any atom is -0.385 e. The van der Waals surface area contributed by atoms with Crippen LogP contribution in [0, 0.1) is 18.8 Å². The van der Waals surface area contributed by atoms with E-state index >= 15 is 0 Å². The number of nitrogens with zero attached hydrogens (tertiary/aromatic N) is 2. The lowest BCUT2D eigenvalue weighted by atomic mass is 9.81. The summed E-state index contributed by atoms with van der Waals surface area (Å²) >= 11 is 19.8. The van der Waals surface area contributed by atoms with E-state index in [1.165, 1.54) is 0 Å². The van der Waals surface area contributed by atoms with Gasteiger partial charge in [-0.05, 0) is 68.2 Å². The molecule has 2 aliphatic carbocycles. The zero-order valence-corrected chi connectivity index (χ0v) is 18.9. The number of fused-ring (bicyclic) bond motifs is 3. The Hall–Kier alpha value is -1.46. The van der Waals surface area contributed by atoms with Gasteiger partial charge in [0.05, 0.1) is 21.2 Å². The number of aliphatic hydroxyl groups is 1. The molecule has 1 aromatic heterocycles. The standard InChI is InChI=1S/C23H22Cl3N3O/c1-11-8-14(24)9-17(25)18(11)15-10-16(23(30,12-2-3-12)13-4-5-13)21-20(19(15)26)28-22-27-6-7-29(21)22/h8-10,12-13,30H,2-7H2,1H3,(H,27,28). The summed E-state index contributed by atoms with van der Waals surface area (Å²) in [6.45, 7) is 3.64. The lowest BCUT2D eigenvalue weighted by molar-refractivity contribution is -0.00901. The van der Waals surface area contributed by atoms with Crippen molar-refractivity contribution in [2.75, 3.05) is 11.9 Å². The molecule has 3 aliphatic rings. The topological polar surface area (TPSA) is 50.1 Å². The molecule has 0 bridgehead atoms. The highest BCUT2D eigenvalue weighted by Gasteiger charge is 2.55. The fourth-order valence-electron chi connectivity index (χ4n) is 5.27. The number of imidazole rings is 1. The molecule has 0 atom stereocenters. The van der Waals surface area contributed by atoms with E-state index < -0.39 is 5.60 Å². The van der Waals surface area contributed by atoms with Gasteiger partial charge in [0.25, 0.3) is 0 Å². The van der Waals surface area contributed by atoms with Crippen molar-refractivity contribution in [3.63, 3.8) is 0 Å². The molecule has 156 valence electrons. The van der Waals surface area contributed by atoms with Crippen LogP contribution in [0.5, 0.6) is 0 Å². The highest BCUT2D eigenvalue weighted by Crippen LogP contribution is 2.59. The highest BCUT2D eigenvalue weighted by atomic mass is 35.5. The van der Waals surface area contributed by atoms with Crippen LogP contribution < -0.4 is 5.32 Å². The van der Waals surface area contributed by atoms with Gasteiger partial charge in [-0.25, -0.2) is 4.98 Å². The molecule has 7 heteroatoms. The lowest BCUT2D eigenvalue weighted by Crippen LogP contribution is -2.32. The first-order valence-electron chi connectivity index (χ1n) is 10.5. The molecule has 1 aliphatic heterocycles. The molecule has 2 fully saturated rings. The van der Waals surface area contributed by atoms with Gasteiger partial charge in [-0.2, -0.15) is 0 Å². The van der Waals surface area contributed by atoms with Gasteiger partial charge < -0.3 is 15.0 Å². The van der Waals surface area contributed by atoms with Crippen molar-refractivity contribution in [3.8, 4) is 11.1 Å². The predicted molar refractivity (Wildman–Crippen MR) is 123 cm³/mol. The molecule has 2 heterocycles. The molecule has 30 heavy (non-hydrogen) atoms. The van der Waals surface area contributed by atoms with Crippen LogP contribution in [0.1, 0.15) is 36.8 Å². The van der Waals surface area contributed by atoms with Gasteiger partial charge in [0.1, 0.15) is 5.52 Å². The molecule has 0 saturated heterocycles. The Morgan fingerprint density at radius 2 is 1.80 bits per heavy atom. The van der Waals surface area contributed by atoms with Crippen LogP contribution in [0.25, 0.3) is 22.2 Å². The zero-order valence-electron chi connectivity index (χ0n) is 16.6. The maximum Gasteiger partial charge on any atom is 0.204 e. The Morgan fingerprint density at radius 1 is 1.10 bits per heavy atom. The Balaban J connectivity index is 1.70. The lowest BCUT2D eigenvalue weighted by Gasteiger charge is -2.31. The number of aryl methyl sites for hydroxylation is 1. The second-order valence-corrected chi connectivity index (χ2v) is 10.2. The number of hydrogen-bond acceptors (Lipinski definition) is 3. The molecule has 6 rings (SSSR count). The maximum absolute atomic E-state index is 12.1. The third-order valence-corrected chi connectivity index (χ3v) is 7.83. The summed E-state index contributed by atoms with van der Waals surface area (Å²) in [4.78, 5) is 4.83. The average molecular weight is 463 g/mol. The monoisotopic (exact) mass is 461 g/mol. The Kier molecular flexibility index (Phi) is 4.18. The second kappa shape index (κ2) is 6.52. The van der Waals surface area contributed by atoms with Gasteiger partial charge in [0.2, 0.25) is 5.95 Å². The van der Waals surface area contributed by atoms with Crippen LogP contribution in [0.2, 0.25) is 15.1 Å². The van der Waals surface area contributed by atoms with Gasteiger partial charge in [-0.3, -0.25) is 0 Å². The van der Waals surface area contributed by atoms with Crippen molar-refractivity contribution in [2.24, 2.45) is 11.8 Å². The molecule has 0 radical (unpaired) electrons. The fourth-order valence-corrected chi connectivity index (χ4v) is 6.24. The largest absolute Gasteiger partial charge is 0.385 e. The molecule has 2 saturated carbocycles. The van der Waals surface area contributed by atoms with E-state index in [0.29, 0.717) is 26.9 Å². The fraction of sp³-hybridized carbons (Fsp3) is 0.435. The second-order valence-electron chi connectivity index (χ2n) is 8.95. The van der Waals surface area contributed by atoms with Crippen molar-refractivity contribution in [1.29, 1.82) is 0 Å². The van der Waals surface area contributed by atoms with E-state index in [4.69, 9.17) is 39.8 Å². The summed E-state index contributed by atoms with van der Waals surface area (Å²) in [6.07, 6.45) is 4.25. The van der Waals surface area contributed by atoms with Gasteiger partial charge >= 0.3 is 0 Å². The Labute approximate surface area is 190 Å². The van der Waals surface area contributed by atoms with Crippen molar-refractivity contribution in [3.05, 3.63) is 44.4 Å². The first kappa shape index (κ1) is 19.2. The number of hydrogen-bond donors (Lipinski definition) is 2. The highest BCUT2D eigenvalue weighted by molar-refractivity contribution is 6.40. The van der Waals surface area contributed by atoms with Crippen LogP contribution in [0.3, 0.4) is 0 Å². The predicted octanol–water partition coefficient (Wildman–Crippen LogP) is 6.41. The van der Waals surface area contributed by atoms with Crippen LogP contribution in [-0.2, 0) is 12.1 Å². The summed E-state index contributed by atoms with van der Waals surface area (Å²) in [7, 11) is 0. The number of halogens is 3. The van der Waals surface area contributed by atoms with Crippen molar-refractivity contribution in [1.82, 2.24) is 9.55 Å². The third-order valence-electron chi connectivity index (χ3n) is 6.93. The number of benzene rings is 2. The summed E-state index contributed by atoms with van der Waals surface area (Å²) < 4.78 is 2.17. The first-order chi connectivity index (χ1) is 14.4. The molecule has 0 unspecified atom stereocenters. The first-order valence-corrected chi connectivity index (χ1v) is 11.7. The van der Waals surface area contributed by atoms with E-state index in [0.717, 1.165) is 78.0 Å². The average Bonchev–Trinajstić information content (AvgIpc) is 3.60. The van der Waals surface area contributed by atoms with Crippen molar-refractivity contribution >= 4 is 51.8 Å². The summed E-state index contributed by atoms with van der Waals surface area (Å²) in [6, 6.07) is 5.72. The van der Waals surface area contributed by atoms with E-state index in [9.17, 15) is 5.11 Å².